The number of hydrogen-bond donors (Lipinski definition) is 0. The number of carbonyl (C=O) groups is 1. The summed E-state index contributed by atoms with van der Waals surface area (Å²) in [6.45, 7) is 8.69. The Bertz CT molecular complexity index is 464. The van der Waals surface area contributed by atoms with Gasteiger partial charge in [0.25, 0.3) is 0 Å². The topological polar surface area (TPSA) is 29.5 Å². The minimum atomic E-state index is -0.425. The van der Waals surface area contributed by atoms with Crippen molar-refractivity contribution in [1.29, 1.82) is 0 Å². The molecule has 1 aliphatic rings. The van der Waals surface area contributed by atoms with Crippen molar-refractivity contribution in [2.24, 2.45) is 0 Å². The summed E-state index contributed by atoms with van der Waals surface area (Å²) in [4.78, 5) is 14.3. The molecule has 1 amide bonds. The summed E-state index contributed by atoms with van der Waals surface area (Å²) in [7, 11) is 0. The molecule has 0 saturated carbocycles. The van der Waals surface area contributed by atoms with E-state index >= 15 is 0 Å². The third-order valence-corrected chi connectivity index (χ3v) is 4.09. The highest BCUT2D eigenvalue weighted by molar-refractivity contribution is 5.68. The van der Waals surface area contributed by atoms with E-state index in [-0.39, 0.29) is 12.1 Å². The van der Waals surface area contributed by atoms with Gasteiger partial charge < -0.3 is 9.64 Å². The Hall–Kier alpha value is -1.51. The van der Waals surface area contributed by atoms with Crippen LogP contribution in [0, 0.1) is 0 Å². The predicted octanol–water partition coefficient (Wildman–Crippen LogP) is 4.58. The third-order valence-electron chi connectivity index (χ3n) is 4.09. The van der Waals surface area contributed by atoms with Crippen molar-refractivity contribution in [2.45, 2.75) is 64.5 Å². The van der Waals surface area contributed by atoms with Crippen LogP contribution in [0.3, 0.4) is 0 Å². The van der Waals surface area contributed by atoms with Crippen LogP contribution in [0.4, 0.5) is 4.79 Å². The Morgan fingerprint density at radius 3 is 2.52 bits per heavy atom. The molecule has 0 aromatic heterocycles. The first-order chi connectivity index (χ1) is 9.90. The highest BCUT2D eigenvalue weighted by Crippen LogP contribution is 2.33. The molecule has 0 unspecified atom stereocenters. The van der Waals surface area contributed by atoms with Crippen molar-refractivity contribution in [3.63, 3.8) is 0 Å². The van der Waals surface area contributed by atoms with Crippen LogP contribution in [0.15, 0.2) is 30.3 Å². The summed E-state index contributed by atoms with van der Waals surface area (Å²) in [6, 6.07) is 10.9. The number of likely N-dealkylation sites (tertiary alicyclic amines) is 1. The van der Waals surface area contributed by atoms with Crippen molar-refractivity contribution in [1.82, 2.24) is 4.90 Å². The Labute approximate surface area is 128 Å². The summed E-state index contributed by atoms with van der Waals surface area (Å²) in [5.74, 6) is 0.551. The predicted molar refractivity (Wildman–Crippen MR) is 85.4 cm³/mol. The van der Waals surface area contributed by atoms with Crippen molar-refractivity contribution in [2.75, 3.05) is 6.54 Å². The van der Waals surface area contributed by atoms with E-state index < -0.39 is 5.60 Å². The van der Waals surface area contributed by atoms with Gasteiger partial charge in [-0.1, -0.05) is 37.3 Å². The SMILES string of the molecule is CC[C@H]1C[C@H](c2ccccc2)CCN1C(=O)OC(C)(C)C. The molecule has 2 atom stereocenters. The van der Waals surface area contributed by atoms with Gasteiger partial charge in [0.15, 0.2) is 0 Å². The number of nitrogens with zero attached hydrogens (tertiary/aromatic N) is 1. The van der Waals surface area contributed by atoms with Crippen LogP contribution in [0.25, 0.3) is 0 Å². The van der Waals surface area contributed by atoms with Gasteiger partial charge in [0.2, 0.25) is 0 Å². The molecule has 1 aliphatic heterocycles. The quantitative estimate of drug-likeness (QED) is 0.797. The first-order valence-corrected chi connectivity index (χ1v) is 7.95. The summed E-state index contributed by atoms with van der Waals surface area (Å²) in [5, 5.41) is 0. The van der Waals surface area contributed by atoms with Crippen LogP contribution < -0.4 is 0 Å². The summed E-state index contributed by atoms with van der Waals surface area (Å²) >= 11 is 0. The first kappa shape index (κ1) is 15.9. The lowest BCUT2D eigenvalue weighted by Gasteiger charge is -2.39. The zero-order valence-corrected chi connectivity index (χ0v) is 13.6. The van der Waals surface area contributed by atoms with Gasteiger partial charge in [0, 0.05) is 12.6 Å². The highest BCUT2D eigenvalue weighted by atomic mass is 16.6. The molecule has 21 heavy (non-hydrogen) atoms. The van der Waals surface area contributed by atoms with Crippen molar-refractivity contribution in [3.8, 4) is 0 Å². The van der Waals surface area contributed by atoms with Crippen LogP contribution in [-0.4, -0.2) is 29.2 Å². The Kier molecular flexibility index (Phi) is 4.92. The molecule has 0 radical (unpaired) electrons. The number of carbonyl (C=O) groups excluding carboxylic acids is 1. The molecular formula is C18H27NO2. The molecule has 116 valence electrons. The fraction of sp³-hybridized carbons (Fsp3) is 0.611. The number of ether oxygens (including phenoxy) is 1. The van der Waals surface area contributed by atoms with E-state index in [1.54, 1.807) is 0 Å². The van der Waals surface area contributed by atoms with E-state index in [1.807, 2.05) is 25.7 Å². The van der Waals surface area contributed by atoms with Crippen LogP contribution in [0.5, 0.6) is 0 Å². The fourth-order valence-corrected chi connectivity index (χ4v) is 3.03. The normalized spacial score (nSPS) is 23.0. The summed E-state index contributed by atoms with van der Waals surface area (Å²) < 4.78 is 5.54. The lowest BCUT2D eigenvalue weighted by Crippen LogP contribution is -2.47. The zero-order valence-electron chi connectivity index (χ0n) is 13.6. The van der Waals surface area contributed by atoms with Gasteiger partial charge in [0.05, 0.1) is 0 Å². The second-order valence-corrected chi connectivity index (χ2v) is 6.87. The Morgan fingerprint density at radius 2 is 1.95 bits per heavy atom. The summed E-state index contributed by atoms with van der Waals surface area (Å²) in [6.07, 6.45) is 2.85. The molecule has 0 aliphatic carbocycles. The Morgan fingerprint density at radius 1 is 1.29 bits per heavy atom. The maximum atomic E-state index is 12.3. The van der Waals surface area contributed by atoms with Crippen LogP contribution in [0.2, 0.25) is 0 Å². The smallest absolute Gasteiger partial charge is 0.410 e. The number of piperidine rings is 1. The maximum absolute atomic E-state index is 12.3. The number of hydrogen-bond acceptors (Lipinski definition) is 2. The van der Waals surface area contributed by atoms with E-state index in [9.17, 15) is 4.79 Å². The molecule has 1 saturated heterocycles. The Balaban J connectivity index is 2.04. The van der Waals surface area contributed by atoms with Gasteiger partial charge in [-0.05, 0) is 51.5 Å². The molecule has 1 heterocycles. The minimum Gasteiger partial charge on any atom is -0.444 e. The van der Waals surface area contributed by atoms with Gasteiger partial charge in [-0.2, -0.15) is 0 Å². The average Bonchev–Trinajstić information content (AvgIpc) is 2.45. The molecule has 1 aromatic carbocycles. The molecule has 0 bridgehead atoms. The monoisotopic (exact) mass is 289 g/mol. The molecular weight excluding hydrogens is 262 g/mol. The highest BCUT2D eigenvalue weighted by Gasteiger charge is 2.33. The molecule has 2 rings (SSSR count). The van der Waals surface area contributed by atoms with Crippen LogP contribution >= 0.6 is 0 Å². The van der Waals surface area contributed by atoms with Gasteiger partial charge in [-0.25, -0.2) is 4.79 Å². The van der Waals surface area contributed by atoms with Gasteiger partial charge >= 0.3 is 6.09 Å². The molecule has 1 aromatic rings. The van der Waals surface area contributed by atoms with E-state index in [1.165, 1.54) is 5.56 Å². The number of amides is 1. The van der Waals surface area contributed by atoms with Gasteiger partial charge in [0.1, 0.15) is 5.60 Å². The second kappa shape index (κ2) is 6.50. The molecule has 3 heteroatoms. The minimum absolute atomic E-state index is 0.166. The molecule has 3 nitrogen and oxygen atoms in total. The second-order valence-electron chi connectivity index (χ2n) is 6.87. The summed E-state index contributed by atoms with van der Waals surface area (Å²) in [5.41, 5.74) is 0.964. The lowest BCUT2D eigenvalue weighted by molar-refractivity contribution is 0.00757. The van der Waals surface area contributed by atoms with E-state index in [2.05, 4.69) is 37.3 Å². The van der Waals surface area contributed by atoms with E-state index in [0.29, 0.717) is 5.92 Å². The largest absolute Gasteiger partial charge is 0.444 e. The maximum Gasteiger partial charge on any atom is 0.410 e. The average molecular weight is 289 g/mol. The molecule has 1 fully saturated rings. The van der Waals surface area contributed by atoms with Crippen molar-refractivity contribution in [3.05, 3.63) is 35.9 Å². The van der Waals surface area contributed by atoms with E-state index in [0.717, 1.165) is 25.8 Å². The number of rotatable bonds is 2. The number of benzene rings is 1. The van der Waals surface area contributed by atoms with Crippen molar-refractivity contribution >= 4 is 6.09 Å². The van der Waals surface area contributed by atoms with Gasteiger partial charge in [-0.15, -0.1) is 0 Å². The third kappa shape index (κ3) is 4.23. The lowest BCUT2D eigenvalue weighted by atomic mass is 9.84. The van der Waals surface area contributed by atoms with Gasteiger partial charge in [-0.3, -0.25) is 0 Å². The molecule has 0 N–H and O–H groups in total. The zero-order chi connectivity index (χ0) is 15.5. The van der Waals surface area contributed by atoms with E-state index in [4.69, 9.17) is 4.74 Å². The standard InChI is InChI=1S/C18H27NO2/c1-5-16-13-15(14-9-7-6-8-10-14)11-12-19(16)17(20)21-18(2,3)4/h6-10,15-16H,5,11-13H2,1-4H3/t15-,16+/m1/s1. The van der Waals surface area contributed by atoms with Crippen LogP contribution in [-0.2, 0) is 4.74 Å². The first-order valence-electron chi connectivity index (χ1n) is 7.95. The van der Waals surface area contributed by atoms with Crippen molar-refractivity contribution < 1.29 is 9.53 Å². The molecule has 0 spiro atoms. The fourth-order valence-electron chi connectivity index (χ4n) is 3.03. The van der Waals surface area contributed by atoms with Crippen LogP contribution in [0.1, 0.15) is 58.4 Å².